The molecule has 1 saturated carbocycles. The van der Waals surface area contributed by atoms with Crippen molar-refractivity contribution in [2.45, 2.75) is 57.6 Å². The van der Waals surface area contributed by atoms with Gasteiger partial charge < -0.3 is 10.5 Å². The minimum atomic E-state index is 0.177. The lowest BCUT2D eigenvalue weighted by atomic mass is 10.0. The molecule has 1 aliphatic carbocycles. The van der Waals surface area contributed by atoms with Crippen molar-refractivity contribution in [3.8, 4) is 5.75 Å². The molecule has 2 N–H and O–H groups in total. The minimum absolute atomic E-state index is 0.177. The first-order chi connectivity index (χ1) is 8.29. The number of nitrogens with two attached hydrogens (primary N) is 1. The molecule has 17 heavy (non-hydrogen) atoms. The van der Waals surface area contributed by atoms with Crippen molar-refractivity contribution < 1.29 is 4.74 Å². The van der Waals surface area contributed by atoms with Gasteiger partial charge in [0.1, 0.15) is 5.75 Å². The summed E-state index contributed by atoms with van der Waals surface area (Å²) in [6.45, 7) is 2.22. The Labute approximate surface area is 104 Å². The zero-order valence-corrected chi connectivity index (χ0v) is 10.7. The van der Waals surface area contributed by atoms with Gasteiger partial charge in [0.25, 0.3) is 0 Å². The number of rotatable bonds is 7. The van der Waals surface area contributed by atoms with Gasteiger partial charge in [-0.1, -0.05) is 38.3 Å². The van der Waals surface area contributed by atoms with Crippen molar-refractivity contribution in [3.05, 3.63) is 29.8 Å². The molecular weight excluding hydrogens is 210 g/mol. The van der Waals surface area contributed by atoms with Crippen molar-refractivity contribution in [2.24, 2.45) is 5.73 Å². The molecule has 0 aromatic heterocycles. The van der Waals surface area contributed by atoms with Crippen LogP contribution < -0.4 is 10.5 Å². The molecule has 1 atom stereocenters. The molecule has 94 valence electrons. The van der Waals surface area contributed by atoms with Crippen LogP contribution in [0.2, 0.25) is 0 Å². The fourth-order valence-corrected chi connectivity index (χ4v) is 1.95. The molecule has 1 aliphatic rings. The van der Waals surface area contributed by atoms with E-state index in [1.165, 1.54) is 37.7 Å². The highest BCUT2D eigenvalue weighted by Crippen LogP contribution is 2.27. The second-order valence-electron chi connectivity index (χ2n) is 4.99. The third-order valence-corrected chi connectivity index (χ3v) is 3.25. The summed E-state index contributed by atoms with van der Waals surface area (Å²) in [4.78, 5) is 0. The zero-order chi connectivity index (χ0) is 12.1. The molecule has 0 spiro atoms. The van der Waals surface area contributed by atoms with E-state index in [0.29, 0.717) is 6.10 Å². The van der Waals surface area contributed by atoms with Crippen LogP contribution in [0.15, 0.2) is 24.3 Å². The summed E-state index contributed by atoms with van der Waals surface area (Å²) in [5.74, 6) is 0.983. The van der Waals surface area contributed by atoms with Crippen LogP contribution in [-0.4, -0.2) is 6.10 Å². The van der Waals surface area contributed by atoms with Crippen LogP contribution in [0.3, 0.4) is 0 Å². The van der Waals surface area contributed by atoms with E-state index in [1.807, 2.05) is 12.1 Å². The Morgan fingerprint density at radius 2 is 1.94 bits per heavy atom. The van der Waals surface area contributed by atoms with Crippen molar-refractivity contribution in [1.82, 2.24) is 0 Å². The van der Waals surface area contributed by atoms with Crippen molar-refractivity contribution >= 4 is 0 Å². The first kappa shape index (κ1) is 12.4. The summed E-state index contributed by atoms with van der Waals surface area (Å²) in [7, 11) is 0. The predicted octanol–water partition coefficient (Wildman–Crippen LogP) is 3.81. The topological polar surface area (TPSA) is 35.2 Å². The highest BCUT2D eigenvalue weighted by atomic mass is 16.5. The van der Waals surface area contributed by atoms with Crippen molar-refractivity contribution in [1.29, 1.82) is 0 Å². The Morgan fingerprint density at radius 3 is 2.53 bits per heavy atom. The molecule has 0 aliphatic heterocycles. The number of hydrogen-bond donors (Lipinski definition) is 1. The molecule has 0 bridgehead atoms. The van der Waals surface area contributed by atoms with E-state index >= 15 is 0 Å². The van der Waals surface area contributed by atoms with E-state index in [4.69, 9.17) is 10.5 Å². The lowest BCUT2D eigenvalue weighted by molar-refractivity contribution is 0.303. The SMILES string of the molecule is CCCCCC(N)c1ccc(OC2CC2)cc1. The molecule has 1 aromatic carbocycles. The van der Waals surface area contributed by atoms with Gasteiger partial charge in [0.2, 0.25) is 0 Å². The normalized spacial score (nSPS) is 16.8. The second kappa shape index (κ2) is 6.06. The average Bonchev–Trinajstić information content (AvgIpc) is 3.14. The van der Waals surface area contributed by atoms with Gasteiger partial charge in [0, 0.05) is 6.04 Å². The van der Waals surface area contributed by atoms with E-state index < -0.39 is 0 Å². The maximum atomic E-state index is 6.16. The zero-order valence-electron chi connectivity index (χ0n) is 10.7. The maximum Gasteiger partial charge on any atom is 0.119 e. The third kappa shape index (κ3) is 4.04. The Morgan fingerprint density at radius 1 is 1.24 bits per heavy atom. The van der Waals surface area contributed by atoms with Crippen LogP contribution in [-0.2, 0) is 0 Å². The van der Waals surface area contributed by atoms with Gasteiger partial charge in [-0.2, -0.15) is 0 Å². The van der Waals surface area contributed by atoms with Crippen LogP contribution >= 0.6 is 0 Å². The molecule has 0 saturated heterocycles. The Hall–Kier alpha value is -1.02. The smallest absolute Gasteiger partial charge is 0.119 e. The largest absolute Gasteiger partial charge is 0.490 e. The number of benzene rings is 1. The first-order valence-electron chi connectivity index (χ1n) is 6.82. The van der Waals surface area contributed by atoms with E-state index in [9.17, 15) is 0 Å². The van der Waals surface area contributed by atoms with Crippen LogP contribution in [0.5, 0.6) is 5.75 Å². The Kier molecular flexibility index (Phi) is 4.43. The summed E-state index contributed by atoms with van der Waals surface area (Å²) in [6.07, 6.45) is 7.71. The van der Waals surface area contributed by atoms with Crippen LogP contribution in [0.4, 0.5) is 0 Å². The van der Waals surface area contributed by atoms with E-state index in [2.05, 4.69) is 19.1 Å². The number of ether oxygens (including phenoxy) is 1. The Bertz CT molecular complexity index is 329. The van der Waals surface area contributed by atoms with Gasteiger partial charge in [0.05, 0.1) is 6.10 Å². The second-order valence-corrected chi connectivity index (χ2v) is 4.99. The van der Waals surface area contributed by atoms with Crippen molar-refractivity contribution in [3.63, 3.8) is 0 Å². The highest BCUT2D eigenvalue weighted by molar-refractivity contribution is 5.29. The summed E-state index contributed by atoms with van der Waals surface area (Å²) < 4.78 is 5.72. The molecule has 2 rings (SSSR count). The molecule has 2 nitrogen and oxygen atoms in total. The lowest BCUT2D eigenvalue weighted by Gasteiger charge is -2.12. The fraction of sp³-hybridized carbons (Fsp3) is 0.600. The summed E-state index contributed by atoms with van der Waals surface area (Å²) in [5, 5.41) is 0. The van der Waals surface area contributed by atoms with E-state index in [-0.39, 0.29) is 6.04 Å². The molecule has 1 fully saturated rings. The number of unbranched alkanes of at least 4 members (excludes halogenated alkanes) is 2. The standard InChI is InChI=1S/C15H23NO/c1-2-3-4-5-15(16)12-6-8-13(9-7-12)17-14-10-11-14/h6-9,14-15H,2-5,10-11,16H2,1H3. The molecule has 1 aromatic rings. The van der Waals surface area contributed by atoms with Gasteiger partial charge in [-0.3, -0.25) is 0 Å². The molecule has 2 heteroatoms. The Balaban J connectivity index is 1.82. The van der Waals surface area contributed by atoms with Crippen LogP contribution in [0.1, 0.15) is 57.1 Å². The van der Waals surface area contributed by atoms with Gasteiger partial charge in [-0.15, -0.1) is 0 Å². The summed E-state index contributed by atoms with van der Waals surface area (Å²) in [6, 6.07) is 8.49. The van der Waals surface area contributed by atoms with Crippen LogP contribution in [0.25, 0.3) is 0 Å². The molecule has 1 unspecified atom stereocenters. The predicted molar refractivity (Wildman–Crippen MR) is 71.2 cm³/mol. The average molecular weight is 233 g/mol. The third-order valence-electron chi connectivity index (χ3n) is 3.25. The summed E-state index contributed by atoms with van der Waals surface area (Å²) in [5.41, 5.74) is 7.38. The van der Waals surface area contributed by atoms with Gasteiger partial charge in [0.15, 0.2) is 0 Å². The molecule has 0 radical (unpaired) electrons. The molecular formula is C15H23NO. The maximum absolute atomic E-state index is 6.16. The lowest BCUT2D eigenvalue weighted by Crippen LogP contribution is -2.10. The first-order valence-corrected chi connectivity index (χ1v) is 6.82. The summed E-state index contributed by atoms with van der Waals surface area (Å²) >= 11 is 0. The monoisotopic (exact) mass is 233 g/mol. The van der Waals surface area contributed by atoms with Gasteiger partial charge in [-0.05, 0) is 37.0 Å². The van der Waals surface area contributed by atoms with Gasteiger partial charge >= 0.3 is 0 Å². The molecule has 0 heterocycles. The minimum Gasteiger partial charge on any atom is -0.490 e. The number of hydrogen-bond acceptors (Lipinski definition) is 2. The van der Waals surface area contributed by atoms with Gasteiger partial charge in [-0.25, -0.2) is 0 Å². The van der Waals surface area contributed by atoms with E-state index in [0.717, 1.165) is 12.2 Å². The fourth-order valence-electron chi connectivity index (χ4n) is 1.95. The molecule has 0 amide bonds. The van der Waals surface area contributed by atoms with E-state index in [1.54, 1.807) is 0 Å². The van der Waals surface area contributed by atoms with Crippen LogP contribution in [0, 0.1) is 0 Å². The highest BCUT2D eigenvalue weighted by Gasteiger charge is 2.23. The van der Waals surface area contributed by atoms with Crippen molar-refractivity contribution in [2.75, 3.05) is 0 Å². The quantitative estimate of drug-likeness (QED) is 0.727.